The van der Waals surface area contributed by atoms with Gasteiger partial charge in [0.1, 0.15) is 0 Å². The average Bonchev–Trinajstić information content (AvgIpc) is 2.40. The third-order valence-electron chi connectivity index (χ3n) is 3.11. The standard InChI is InChI=1S/C14H17F3N2O2.ClH/c15-14(16,17)8-10-3-1-2-4-12(10)19-13(20)7-11-9-21-6-5-18-11;/h1-4,11,18H,5-9H2,(H,19,20);1H. The first kappa shape index (κ1) is 18.7. The van der Waals surface area contributed by atoms with Crippen LogP contribution in [-0.4, -0.2) is 37.9 Å². The lowest BCUT2D eigenvalue weighted by Crippen LogP contribution is -2.43. The number of carbonyl (C=O) groups is 1. The summed E-state index contributed by atoms with van der Waals surface area (Å²) in [6.07, 6.45) is -5.20. The molecule has 1 atom stereocenters. The van der Waals surface area contributed by atoms with Crippen molar-refractivity contribution < 1.29 is 22.7 Å². The highest BCUT2D eigenvalue weighted by atomic mass is 35.5. The molecule has 124 valence electrons. The second-order valence-electron chi connectivity index (χ2n) is 4.93. The summed E-state index contributed by atoms with van der Waals surface area (Å²) in [5, 5.41) is 5.67. The Morgan fingerprint density at radius 2 is 2.09 bits per heavy atom. The molecule has 22 heavy (non-hydrogen) atoms. The largest absolute Gasteiger partial charge is 0.393 e. The average molecular weight is 339 g/mol. The molecule has 0 bridgehead atoms. The third kappa shape index (κ3) is 6.21. The number of rotatable bonds is 4. The molecule has 1 aromatic carbocycles. The van der Waals surface area contributed by atoms with Gasteiger partial charge in [0.05, 0.1) is 19.6 Å². The van der Waals surface area contributed by atoms with Crippen molar-refractivity contribution in [2.45, 2.75) is 25.1 Å². The summed E-state index contributed by atoms with van der Waals surface area (Å²) in [4.78, 5) is 11.9. The van der Waals surface area contributed by atoms with Crippen LogP contribution in [-0.2, 0) is 16.0 Å². The highest BCUT2D eigenvalue weighted by Crippen LogP contribution is 2.26. The quantitative estimate of drug-likeness (QED) is 0.887. The molecule has 0 spiro atoms. The molecule has 0 saturated carbocycles. The maximum absolute atomic E-state index is 12.5. The van der Waals surface area contributed by atoms with E-state index < -0.39 is 12.6 Å². The maximum atomic E-state index is 12.5. The molecule has 2 N–H and O–H groups in total. The minimum atomic E-state index is -4.31. The molecule has 4 nitrogen and oxygen atoms in total. The zero-order chi connectivity index (χ0) is 15.3. The van der Waals surface area contributed by atoms with Gasteiger partial charge in [-0.1, -0.05) is 18.2 Å². The Labute approximate surface area is 132 Å². The van der Waals surface area contributed by atoms with Crippen LogP contribution in [0.25, 0.3) is 0 Å². The molecule has 1 aliphatic heterocycles. The summed E-state index contributed by atoms with van der Waals surface area (Å²) in [6, 6.07) is 5.85. The Morgan fingerprint density at radius 1 is 1.36 bits per heavy atom. The number of morpholine rings is 1. The molecule has 0 aromatic heterocycles. The number of amides is 1. The van der Waals surface area contributed by atoms with Crippen molar-refractivity contribution in [1.82, 2.24) is 5.32 Å². The molecular weight excluding hydrogens is 321 g/mol. The van der Waals surface area contributed by atoms with Crippen molar-refractivity contribution in [3.63, 3.8) is 0 Å². The van der Waals surface area contributed by atoms with Gasteiger partial charge in [-0.2, -0.15) is 13.2 Å². The number of nitrogens with one attached hydrogen (secondary N) is 2. The van der Waals surface area contributed by atoms with E-state index in [-0.39, 0.29) is 42.0 Å². The van der Waals surface area contributed by atoms with Gasteiger partial charge in [-0.3, -0.25) is 4.79 Å². The Kier molecular flexibility index (Phi) is 7.12. The van der Waals surface area contributed by atoms with Crippen molar-refractivity contribution in [3.8, 4) is 0 Å². The zero-order valence-corrected chi connectivity index (χ0v) is 12.6. The molecular formula is C14H18ClF3N2O2. The van der Waals surface area contributed by atoms with E-state index in [0.717, 1.165) is 0 Å². The van der Waals surface area contributed by atoms with E-state index in [4.69, 9.17) is 4.74 Å². The summed E-state index contributed by atoms with van der Waals surface area (Å²) >= 11 is 0. The fourth-order valence-corrected chi connectivity index (χ4v) is 2.19. The molecule has 1 aromatic rings. The van der Waals surface area contributed by atoms with Crippen LogP contribution in [0.5, 0.6) is 0 Å². The van der Waals surface area contributed by atoms with E-state index >= 15 is 0 Å². The van der Waals surface area contributed by atoms with Gasteiger partial charge >= 0.3 is 6.18 Å². The van der Waals surface area contributed by atoms with Crippen LogP contribution in [0.15, 0.2) is 24.3 Å². The topological polar surface area (TPSA) is 50.4 Å². The molecule has 0 aliphatic carbocycles. The number of carbonyl (C=O) groups excluding carboxylic acids is 1. The number of hydrogen-bond donors (Lipinski definition) is 2. The SMILES string of the molecule is Cl.O=C(CC1COCCN1)Nc1ccccc1CC(F)(F)F. The summed E-state index contributed by atoms with van der Waals surface area (Å²) < 4.78 is 42.7. The van der Waals surface area contributed by atoms with Gasteiger partial charge in [0.25, 0.3) is 0 Å². The first-order chi connectivity index (χ1) is 9.94. The number of hydrogen-bond acceptors (Lipinski definition) is 3. The fraction of sp³-hybridized carbons (Fsp3) is 0.500. The van der Waals surface area contributed by atoms with E-state index in [0.29, 0.717) is 19.8 Å². The van der Waals surface area contributed by atoms with Gasteiger partial charge in [-0.05, 0) is 11.6 Å². The van der Waals surface area contributed by atoms with Gasteiger partial charge in [-0.25, -0.2) is 0 Å². The van der Waals surface area contributed by atoms with Crippen LogP contribution in [0, 0.1) is 0 Å². The third-order valence-corrected chi connectivity index (χ3v) is 3.11. The summed E-state index contributed by atoms with van der Waals surface area (Å²) in [5.41, 5.74) is 0.266. The molecule has 8 heteroatoms. The molecule has 0 radical (unpaired) electrons. The van der Waals surface area contributed by atoms with Crippen LogP contribution in [0.1, 0.15) is 12.0 Å². The Balaban J connectivity index is 0.00000242. The van der Waals surface area contributed by atoms with E-state index in [1.54, 1.807) is 6.07 Å². The Bertz CT molecular complexity index is 491. The lowest BCUT2D eigenvalue weighted by molar-refractivity contribution is -0.127. The van der Waals surface area contributed by atoms with Gasteiger partial charge in [0.2, 0.25) is 5.91 Å². The predicted molar refractivity (Wildman–Crippen MR) is 79.3 cm³/mol. The summed E-state index contributed by atoms with van der Waals surface area (Å²) in [5.74, 6) is -0.326. The number of alkyl halides is 3. The molecule has 1 amide bonds. The predicted octanol–water partition coefficient (Wildman–Crippen LogP) is 2.53. The second kappa shape index (κ2) is 8.36. The molecule has 1 aliphatic rings. The molecule has 1 fully saturated rings. The Hall–Kier alpha value is -1.31. The van der Waals surface area contributed by atoms with E-state index in [1.165, 1.54) is 18.2 Å². The fourth-order valence-electron chi connectivity index (χ4n) is 2.19. The number of ether oxygens (including phenoxy) is 1. The lowest BCUT2D eigenvalue weighted by Gasteiger charge is -2.23. The van der Waals surface area contributed by atoms with E-state index in [1.807, 2.05) is 0 Å². The van der Waals surface area contributed by atoms with Crippen molar-refractivity contribution in [1.29, 1.82) is 0 Å². The van der Waals surface area contributed by atoms with Gasteiger partial charge in [0, 0.05) is 24.7 Å². The van der Waals surface area contributed by atoms with E-state index in [9.17, 15) is 18.0 Å². The minimum absolute atomic E-state index is 0. The highest BCUT2D eigenvalue weighted by Gasteiger charge is 2.29. The van der Waals surface area contributed by atoms with Crippen LogP contribution in [0.2, 0.25) is 0 Å². The lowest BCUT2D eigenvalue weighted by atomic mass is 10.1. The normalized spacial score (nSPS) is 18.4. The summed E-state index contributed by atoms with van der Waals surface area (Å²) in [6.45, 7) is 1.70. The monoisotopic (exact) mass is 338 g/mol. The van der Waals surface area contributed by atoms with Gasteiger partial charge < -0.3 is 15.4 Å². The van der Waals surface area contributed by atoms with Crippen LogP contribution >= 0.6 is 12.4 Å². The maximum Gasteiger partial charge on any atom is 0.393 e. The zero-order valence-electron chi connectivity index (χ0n) is 11.8. The number of benzene rings is 1. The van der Waals surface area contributed by atoms with Crippen LogP contribution in [0.3, 0.4) is 0 Å². The van der Waals surface area contributed by atoms with E-state index in [2.05, 4.69) is 10.6 Å². The number of para-hydroxylation sites is 1. The summed E-state index contributed by atoms with van der Waals surface area (Å²) in [7, 11) is 0. The molecule has 2 rings (SSSR count). The first-order valence-corrected chi connectivity index (χ1v) is 6.70. The van der Waals surface area contributed by atoms with Gasteiger partial charge in [-0.15, -0.1) is 12.4 Å². The highest BCUT2D eigenvalue weighted by molar-refractivity contribution is 5.91. The second-order valence-corrected chi connectivity index (χ2v) is 4.93. The number of halogens is 4. The van der Waals surface area contributed by atoms with Gasteiger partial charge in [0.15, 0.2) is 0 Å². The molecule has 1 heterocycles. The molecule has 1 saturated heterocycles. The number of anilines is 1. The smallest absolute Gasteiger partial charge is 0.378 e. The molecule has 1 unspecified atom stereocenters. The van der Waals surface area contributed by atoms with Crippen molar-refractivity contribution in [2.75, 3.05) is 25.1 Å². The van der Waals surface area contributed by atoms with Crippen molar-refractivity contribution in [2.24, 2.45) is 0 Å². The first-order valence-electron chi connectivity index (χ1n) is 6.70. The van der Waals surface area contributed by atoms with Crippen LogP contribution < -0.4 is 10.6 Å². The minimum Gasteiger partial charge on any atom is -0.378 e. The Morgan fingerprint density at radius 3 is 2.73 bits per heavy atom. The van der Waals surface area contributed by atoms with Crippen molar-refractivity contribution >= 4 is 24.0 Å². The van der Waals surface area contributed by atoms with Crippen LogP contribution in [0.4, 0.5) is 18.9 Å². The van der Waals surface area contributed by atoms with Crippen molar-refractivity contribution in [3.05, 3.63) is 29.8 Å².